The Labute approximate surface area is 85.1 Å². The number of nitrogens with one attached hydrogen (secondary N) is 2. The highest BCUT2D eigenvalue weighted by molar-refractivity contribution is 4.87. The highest BCUT2D eigenvalue weighted by Crippen LogP contribution is 1.93. The highest BCUT2D eigenvalue weighted by atomic mass is 16.5. The smallest absolute Gasteiger partial charge is 0.107 e. The van der Waals surface area contributed by atoms with Gasteiger partial charge in [0.2, 0.25) is 0 Å². The van der Waals surface area contributed by atoms with Gasteiger partial charge < -0.3 is 15.0 Å². The first-order valence-electron chi connectivity index (χ1n) is 5.07. The van der Waals surface area contributed by atoms with E-state index >= 15 is 0 Å². The summed E-state index contributed by atoms with van der Waals surface area (Å²) in [6.45, 7) is 3.87. The Morgan fingerprint density at radius 1 is 1.64 bits per heavy atom. The minimum Gasteiger partial charge on any atom is -0.383 e. The molecule has 80 valence electrons. The van der Waals surface area contributed by atoms with Gasteiger partial charge in [0.25, 0.3) is 0 Å². The standard InChI is InChI=1S/C10H19N3O/c1-3-9(8-14-2)11-5-4-10-12-6-7-13-10/h6-7,9,11H,3-5,8H2,1-2H3,(H,12,13). The lowest BCUT2D eigenvalue weighted by Gasteiger charge is -2.14. The van der Waals surface area contributed by atoms with E-state index in [9.17, 15) is 0 Å². The van der Waals surface area contributed by atoms with Gasteiger partial charge in [0, 0.05) is 38.5 Å². The van der Waals surface area contributed by atoms with Crippen molar-refractivity contribution in [1.82, 2.24) is 15.3 Å². The largest absolute Gasteiger partial charge is 0.383 e. The van der Waals surface area contributed by atoms with Gasteiger partial charge in [0.05, 0.1) is 6.61 Å². The number of imidazole rings is 1. The minimum absolute atomic E-state index is 0.454. The number of hydrogen-bond acceptors (Lipinski definition) is 3. The molecule has 0 spiro atoms. The molecule has 0 aromatic carbocycles. The SMILES string of the molecule is CCC(COC)NCCc1ncc[nH]1. The summed E-state index contributed by atoms with van der Waals surface area (Å²) in [4.78, 5) is 7.24. The molecule has 0 aliphatic carbocycles. The summed E-state index contributed by atoms with van der Waals surface area (Å²) >= 11 is 0. The normalized spacial score (nSPS) is 13.0. The Morgan fingerprint density at radius 2 is 2.50 bits per heavy atom. The summed E-state index contributed by atoms with van der Waals surface area (Å²) in [6.07, 6.45) is 5.66. The average Bonchev–Trinajstić information content (AvgIpc) is 2.69. The van der Waals surface area contributed by atoms with Crippen molar-refractivity contribution in [1.29, 1.82) is 0 Å². The zero-order valence-corrected chi connectivity index (χ0v) is 8.92. The average molecular weight is 197 g/mol. The molecule has 1 atom stereocenters. The quantitative estimate of drug-likeness (QED) is 0.684. The van der Waals surface area contributed by atoms with E-state index in [1.54, 1.807) is 13.3 Å². The Hall–Kier alpha value is -0.870. The third-order valence-electron chi connectivity index (χ3n) is 2.21. The maximum atomic E-state index is 5.10. The zero-order chi connectivity index (χ0) is 10.2. The number of aromatic amines is 1. The van der Waals surface area contributed by atoms with Crippen molar-refractivity contribution in [2.24, 2.45) is 0 Å². The highest BCUT2D eigenvalue weighted by Gasteiger charge is 2.04. The topological polar surface area (TPSA) is 49.9 Å². The molecule has 1 aromatic heterocycles. The third-order valence-corrected chi connectivity index (χ3v) is 2.21. The first-order valence-corrected chi connectivity index (χ1v) is 5.07. The number of H-pyrrole nitrogens is 1. The van der Waals surface area contributed by atoms with Crippen LogP contribution in [0, 0.1) is 0 Å². The first kappa shape index (κ1) is 11.2. The molecule has 1 aromatic rings. The lowest BCUT2D eigenvalue weighted by atomic mass is 10.2. The monoisotopic (exact) mass is 197 g/mol. The minimum atomic E-state index is 0.454. The molecule has 0 aliphatic rings. The van der Waals surface area contributed by atoms with Crippen LogP contribution >= 0.6 is 0 Å². The molecule has 2 N–H and O–H groups in total. The fourth-order valence-electron chi connectivity index (χ4n) is 1.35. The molecule has 1 unspecified atom stereocenters. The number of methoxy groups -OCH3 is 1. The molecule has 0 aliphatic heterocycles. The van der Waals surface area contributed by atoms with Crippen molar-refractivity contribution in [2.75, 3.05) is 20.3 Å². The van der Waals surface area contributed by atoms with E-state index in [0.29, 0.717) is 6.04 Å². The van der Waals surface area contributed by atoms with Crippen molar-refractivity contribution >= 4 is 0 Å². The predicted octanol–water partition coefficient (Wildman–Crippen LogP) is 0.967. The molecule has 0 saturated heterocycles. The van der Waals surface area contributed by atoms with Crippen LogP contribution in [0.2, 0.25) is 0 Å². The van der Waals surface area contributed by atoms with Gasteiger partial charge in [0.15, 0.2) is 0 Å². The molecule has 0 amide bonds. The van der Waals surface area contributed by atoms with Gasteiger partial charge in [-0.2, -0.15) is 0 Å². The molecule has 1 rings (SSSR count). The first-order chi connectivity index (χ1) is 6.86. The van der Waals surface area contributed by atoms with Crippen LogP contribution in [0.4, 0.5) is 0 Å². The number of hydrogen-bond donors (Lipinski definition) is 2. The van der Waals surface area contributed by atoms with Crippen molar-refractivity contribution in [3.63, 3.8) is 0 Å². The van der Waals surface area contributed by atoms with E-state index in [-0.39, 0.29) is 0 Å². The van der Waals surface area contributed by atoms with Crippen LogP contribution in [-0.2, 0) is 11.2 Å². The molecule has 1 heterocycles. The number of nitrogens with zero attached hydrogens (tertiary/aromatic N) is 1. The second-order valence-electron chi connectivity index (χ2n) is 3.30. The third kappa shape index (κ3) is 3.89. The second-order valence-corrected chi connectivity index (χ2v) is 3.30. The number of aromatic nitrogens is 2. The Balaban J connectivity index is 2.13. The predicted molar refractivity (Wildman–Crippen MR) is 56.2 cm³/mol. The molecular formula is C10H19N3O. The van der Waals surface area contributed by atoms with Crippen molar-refractivity contribution < 1.29 is 4.74 Å². The van der Waals surface area contributed by atoms with E-state index in [1.165, 1.54) is 0 Å². The summed E-state index contributed by atoms with van der Waals surface area (Å²) in [5, 5.41) is 3.42. The Bertz CT molecular complexity index is 223. The maximum absolute atomic E-state index is 5.10. The van der Waals surface area contributed by atoms with Crippen molar-refractivity contribution in [3.8, 4) is 0 Å². The number of rotatable bonds is 7. The van der Waals surface area contributed by atoms with Crippen molar-refractivity contribution in [3.05, 3.63) is 18.2 Å². The molecule has 4 nitrogen and oxygen atoms in total. The fraction of sp³-hybridized carbons (Fsp3) is 0.700. The van der Waals surface area contributed by atoms with Crippen LogP contribution in [0.15, 0.2) is 12.4 Å². The number of ether oxygens (including phenoxy) is 1. The lowest BCUT2D eigenvalue weighted by molar-refractivity contribution is 0.164. The van der Waals surface area contributed by atoms with Gasteiger partial charge in [-0.1, -0.05) is 6.92 Å². The van der Waals surface area contributed by atoms with Crippen LogP contribution in [0.1, 0.15) is 19.2 Å². The molecular weight excluding hydrogens is 178 g/mol. The van der Waals surface area contributed by atoms with Crippen LogP contribution in [0.25, 0.3) is 0 Å². The summed E-state index contributed by atoms with van der Waals surface area (Å²) in [5.41, 5.74) is 0. The van der Waals surface area contributed by atoms with E-state index in [0.717, 1.165) is 31.8 Å². The second kappa shape index (κ2) is 6.56. The van der Waals surface area contributed by atoms with Crippen LogP contribution < -0.4 is 5.32 Å². The molecule has 4 heteroatoms. The van der Waals surface area contributed by atoms with Gasteiger partial charge >= 0.3 is 0 Å². The van der Waals surface area contributed by atoms with Gasteiger partial charge in [-0.15, -0.1) is 0 Å². The lowest BCUT2D eigenvalue weighted by Crippen LogP contribution is -2.34. The maximum Gasteiger partial charge on any atom is 0.107 e. The van der Waals surface area contributed by atoms with Crippen molar-refractivity contribution in [2.45, 2.75) is 25.8 Å². The van der Waals surface area contributed by atoms with Crippen LogP contribution in [0.3, 0.4) is 0 Å². The van der Waals surface area contributed by atoms with Gasteiger partial charge in [-0.3, -0.25) is 0 Å². The van der Waals surface area contributed by atoms with E-state index in [1.807, 2.05) is 6.20 Å². The summed E-state index contributed by atoms with van der Waals surface area (Å²) in [5.74, 6) is 1.03. The summed E-state index contributed by atoms with van der Waals surface area (Å²) < 4.78 is 5.10. The van der Waals surface area contributed by atoms with Gasteiger partial charge in [-0.25, -0.2) is 4.98 Å². The summed E-state index contributed by atoms with van der Waals surface area (Å²) in [7, 11) is 1.73. The fourth-order valence-corrected chi connectivity index (χ4v) is 1.35. The van der Waals surface area contributed by atoms with Gasteiger partial charge in [0.1, 0.15) is 5.82 Å². The van der Waals surface area contributed by atoms with Crippen LogP contribution in [-0.4, -0.2) is 36.3 Å². The zero-order valence-electron chi connectivity index (χ0n) is 8.92. The van der Waals surface area contributed by atoms with E-state index < -0.39 is 0 Å². The van der Waals surface area contributed by atoms with E-state index in [2.05, 4.69) is 22.2 Å². The molecule has 0 fully saturated rings. The van der Waals surface area contributed by atoms with Crippen LogP contribution in [0.5, 0.6) is 0 Å². The molecule has 0 radical (unpaired) electrons. The Morgan fingerprint density at radius 3 is 3.07 bits per heavy atom. The molecule has 0 saturated carbocycles. The van der Waals surface area contributed by atoms with Gasteiger partial charge in [-0.05, 0) is 6.42 Å². The summed E-state index contributed by atoms with van der Waals surface area (Å²) in [6, 6.07) is 0.454. The molecule has 14 heavy (non-hydrogen) atoms. The van der Waals surface area contributed by atoms with E-state index in [4.69, 9.17) is 4.74 Å². The molecule has 0 bridgehead atoms. The Kier molecular flexibility index (Phi) is 5.25.